The second-order valence-corrected chi connectivity index (χ2v) is 7.50. The van der Waals surface area contributed by atoms with Crippen molar-refractivity contribution in [2.24, 2.45) is 0 Å². The molecule has 0 aliphatic heterocycles. The number of alkyl halides is 1. The van der Waals surface area contributed by atoms with E-state index in [-0.39, 0.29) is 4.83 Å². The summed E-state index contributed by atoms with van der Waals surface area (Å²) in [4.78, 5) is 0.152. The molecular weight excluding hydrogens is 448 g/mol. The Bertz CT molecular complexity index is 594. The van der Waals surface area contributed by atoms with Crippen molar-refractivity contribution in [1.29, 1.82) is 0 Å². The van der Waals surface area contributed by atoms with E-state index in [9.17, 15) is 0 Å². The number of benzene rings is 2. The van der Waals surface area contributed by atoms with Crippen LogP contribution in [0.25, 0.3) is 0 Å². The molecule has 0 spiro atoms. The molecular formula is C16H15Br3O. The molecule has 0 fully saturated rings. The third kappa shape index (κ3) is 3.46. The predicted octanol–water partition coefficient (Wildman–Crippen LogP) is 6.32. The Morgan fingerprint density at radius 2 is 1.30 bits per heavy atom. The fourth-order valence-electron chi connectivity index (χ4n) is 2.37. The molecule has 1 atom stereocenters. The van der Waals surface area contributed by atoms with Gasteiger partial charge in [-0.2, -0.15) is 0 Å². The summed E-state index contributed by atoms with van der Waals surface area (Å²) in [6.45, 7) is 4.15. The summed E-state index contributed by atoms with van der Waals surface area (Å²) in [7, 11) is 1.71. The predicted molar refractivity (Wildman–Crippen MR) is 95.1 cm³/mol. The summed E-state index contributed by atoms with van der Waals surface area (Å²) < 4.78 is 7.55. The van der Waals surface area contributed by atoms with Gasteiger partial charge < -0.3 is 4.74 Å². The lowest BCUT2D eigenvalue weighted by atomic mass is 9.99. The molecule has 2 rings (SSSR count). The van der Waals surface area contributed by atoms with Crippen molar-refractivity contribution in [2.75, 3.05) is 7.11 Å². The molecule has 0 N–H and O–H groups in total. The molecule has 0 radical (unpaired) electrons. The standard InChI is InChI=1S/C16H15Br3O/c1-9-4-11(5-10(2)16(9)20-3)15(19)12-6-13(17)8-14(18)7-12/h4-8,15H,1-3H3. The molecule has 0 heterocycles. The maximum absolute atomic E-state index is 5.42. The number of halogens is 3. The molecule has 0 aliphatic carbocycles. The SMILES string of the molecule is COc1c(C)cc(C(Br)c2cc(Br)cc(Br)c2)cc1C. The van der Waals surface area contributed by atoms with E-state index in [0.29, 0.717) is 0 Å². The van der Waals surface area contributed by atoms with Gasteiger partial charge in [-0.05, 0) is 54.3 Å². The molecule has 2 aromatic carbocycles. The van der Waals surface area contributed by atoms with E-state index in [1.165, 1.54) is 11.1 Å². The summed E-state index contributed by atoms with van der Waals surface area (Å²) in [6.07, 6.45) is 0. The third-order valence-corrected chi connectivity index (χ3v) is 5.13. The highest BCUT2D eigenvalue weighted by Crippen LogP contribution is 2.37. The minimum Gasteiger partial charge on any atom is -0.496 e. The Kier molecular flexibility index (Phi) is 5.32. The Hall–Kier alpha value is -0.320. The van der Waals surface area contributed by atoms with Crippen LogP contribution in [0.2, 0.25) is 0 Å². The van der Waals surface area contributed by atoms with E-state index in [0.717, 1.165) is 25.8 Å². The summed E-state index contributed by atoms with van der Waals surface area (Å²) in [5.41, 5.74) is 4.74. The number of ether oxygens (including phenoxy) is 1. The molecule has 1 nitrogen and oxygen atoms in total. The van der Waals surface area contributed by atoms with Gasteiger partial charge >= 0.3 is 0 Å². The quantitative estimate of drug-likeness (QED) is 0.485. The molecule has 106 valence electrons. The van der Waals surface area contributed by atoms with Crippen molar-refractivity contribution in [3.63, 3.8) is 0 Å². The molecule has 0 saturated carbocycles. The zero-order valence-corrected chi connectivity index (χ0v) is 16.3. The molecule has 4 heteroatoms. The first-order valence-corrected chi connectivity index (χ1v) is 8.67. The van der Waals surface area contributed by atoms with E-state index in [1.54, 1.807) is 7.11 Å². The van der Waals surface area contributed by atoms with E-state index in [1.807, 2.05) is 6.07 Å². The molecule has 0 saturated heterocycles. The van der Waals surface area contributed by atoms with Crippen LogP contribution in [0.3, 0.4) is 0 Å². The fraction of sp³-hybridized carbons (Fsp3) is 0.250. The summed E-state index contributed by atoms with van der Waals surface area (Å²) in [5.74, 6) is 0.962. The first kappa shape index (κ1) is 16.1. The number of rotatable bonds is 3. The first-order chi connectivity index (χ1) is 9.42. The lowest BCUT2D eigenvalue weighted by Crippen LogP contribution is -1.98. The Labute approximate surface area is 145 Å². The van der Waals surface area contributed by atoms with Crippen molar-refractivity contribution in [2.45, 2.75) is 18.7 Å². The van der Waals surface area contributed by atoms with Gasteiger partial charge in [-0.3, -0.25) is 0 Å². The van der Waals surface area contributed by atoms with Crippen molar-refractivity contribution in [3.05, 3.63) is 61.5 Å². The van der Waals surface area contributed by atoms with Gasteiger partial charge in [-0.1, -0.05) is 59.9 Å². The van der Waals surface area contributed by atoms with Gasteiger partial charge in [-0.15, -0.1) is 0 Å². The van der Waals surface area contributed by atoms with Crippen LogP contribution in [-0.2, 0) is 0 Å². The van der Waals surface area contributed by atoms with Crippen LogP contribution in [0.15, 0.2) is 39.3 Å². The van der Waals surface area contributed by atoms with Gasteiger partial charge in [0.05, 0.1) is 11.9 Å². The van der Waals surface area contributed by atoms with Gasteiger partial charge in [0.1, 0.15) is 5.75 Å². The number of aryl methyl sites for hydroxylation is 2. The van der Waals surface area contributed by atoms with Crippen LogP contribution in [0.4, 0.5) is 0 Å². The van der Waals surface area contributed by atoms with Gasteiger partial charge in [-0.25, -0.2) is 0 Å². The summed E-state index contributed by atoms with van der Waals surface area (Å²) in [6, 6.07) is 10.6. The summed E-state index contributed by atoms with van der Waals surface area (Å²) >= 11 is 10.9. The maximum atomic E-state index is 5.42. The van der Waals surface area contributed by atoms with Gasteiger partial charge in [0.25, 0.3) is 0 Å². The minimum absolute atomic E-state index is 0.152. The lowest BCUT2D eigenvalue weighted by molar-refractivity contribution is 0.408. The molecule has 20 heavy (non-hydrogen) atoms. The van der Waals surface area contributed by atoms with Crippen LogP contribution < -0.4 is 4.74 Å². The Morgan fingerprint density at radius 1 is 0.850 bits per heavy atom. The average Bonchev–Trinajstić information content (AvgIpc) is 2.36. The second-order valence-electron chi connectivity index (χ2n) is 4.75. The van der Waals surface area contributed by atoms with Gasteiger partial charge in [0, 0.05) is 8.95 Å². The van der Waals surface area contributed by atoms with E-state index < -0.39 is 0 Å². The van der Waals surface area contributed by atoms with E-state index >= 15 is 0 Å². The average molecular weight is 463 g/mol. The molecule has 0 aliphatic rings. The fourth-order valence-corrected chi connectivity index (χ4v) is 4.22. The number of hydrogen-bond donors (Lipinski definition) is 0. The molecule has 1 unspecified atom stereocenters. The van der Waals surface area contributed by atoms with Crippen LogP contribution in [0.1, 0.15) is 27.1 Å². The zero-order chi connectivity index (χ0) is 14.9. The first-order valence-electron chi connectivity index (χ1n) is 6.17. The van der Waals surface area contributed by atoms with E-state index in [2.05, 4.69) is 85.9 Å². The van der Waals surface area contributed by atoms with Crippen LogP contribution in [0.5, 0.6) is 5.75 Å². The highest BCUT2D eigenvalue weighted by molar-refractivity contribution is 9.11. The molecule has 0 bridgehead atoms. The normalized spacial score (nSPS) is 12.3. The largest absolute Gasteiger partial charge is 0.496 e. The van der Waals surface area contributed by atoms with Crippen LogP contribution in [0, 0.1) is 13.8 Å². The monoisotopic (exact) mass is 460 g/mol. The van der Waals surface area contributed by atoms with Crippen LogP contribution >= 0.6 is 47.8 Å². The van der Waals surface area contributed by atoms with Crippen molar-refractivity contribution in [3.8, 4) is 5.75 Å². The second kappa shape index (κ2) is 6.63. The van der Waals surface area contributed by atoms with Gasteiger partial charge in [0.15, 0.2) is 0 Å². The van der Waals surface area contributed by atoms with Crippen LogP contribution in [-0.4, -0.2) is 7.11 Å². The highest BCUT2D eigenvalue weighted by Gasteiger charge is 2.15. The smallest absolute Gasteiger partial charge is 0.124 e. The molecule has 0 amide bonds. The minimum atomic E-state index is 0.152. The summed E-state index contributed by atoms with van der Waals surface area (Å²) in [5, 5.41) is 0. The van der Waals surface area contributed by atoms with Gasteiger partial charge in [0.2, 0.25) is 0 Å². The number of methoxy groups -OCH3 is 1. The van der Waals surface area contributed by atoms with Crippen molar-refractivity contribution in [1.82, 2.24) is 0 Å². The zero-order valence-electron chi connectivity index (χ0n) is 11.5. The molecule has 0 aromatic heterocycles. The Morgan fingerprint density at radius 3 is 1.75 bits per heavy atom. The number of hydrogen-bond acceptors (Lipinski definition) is 1. The third-order valence-electron chi connectivity index (χ3n) is 3.16. The Balaban J connectivity index is 2.45. The van der Waals surface area contributed by atoms with E-state index in [4.69, 9.17) is 4.74 Å². The topological polar surface area (TPSA) is 9.23 Å². The highest BCUT2D eigenvalue weighted by atomic mass is 79.9. The van der Waals surface area contributed by atoms with Crippen molar-refractivity contribution >= 4 is 47.8 Å². The molecule has 2 aromatic rings. The lowest BCUT2D eigenvalue weighted by Gasteiger charge is -2.16. The maximum Gasteiger partial charge on any atom is 0.124 e. The van der Waals surface area contributed by atoms with Crippen molar-refractivity contribution < 1.29 is 4.74 Å².